The minimum absolute atomic E-state index is 0.123. The van der Waals surface area contributed by atoms with Crippen LogP contribution in [0.25, 0.3) is 0 Å². The number of carbonyl (C=O) groups excluding carboxylic acids is 2. The lowest BCUT2D eigenvalue weighted by Gasteiger charge is -2.04. The molecule has 0 amide bonds. The summed E-state index contributed by atoms with van der Waals surface area (Å²) in [6.45, 7) is 6.30. The van der Waals surface area contributed by atoms with Crippen molar-refractivity contribution in [1.29, 1.82) is 0 Å². The van der Waals surface area contributed by atoms with Crippen LogP contribution in [0.4, 0.5) is 0 Å². The van der Waals surface area contributed by atoms with Crippen molar-refractivity contribution < 1.29 is 23.8 Å². The predicted octanol–water partition coefficient (Wildman–Crippen LogP) is 3.15. The van der Waals surface area contributed by atoms with Crippen LogP contribution in [0, 0.1) is 0 Å². The van der Waals surface area contributed by atoms with E-state index in [0.29, 0.717) is 26.1 Å². The first kappa shape index (κ1) is 20.0. The molecule has 0 spiro atoms. The van der Waals surface area contributed by atoms with Crippen LogP contribution in [-0.2, 0) is 25.5 Å². The second kappa shape index (κ2) is 12.7. The van der Waals surface area contributed by atoms with Crippen LogP contribution < -0.4 is 4.74 Å². The van der Waals surface area contributed by atoms with Crippen LogP contribution in [0.3, 0.4) is 0 Å². The molecule has 0 aliphatic rings. The Morgan fingerprint density at radius 1 is 0.909 bits per heavy atom. The van der Waals surface area contributed by atoms with E-state index in [4.69, 9.17) is 9.47 Å². The Morgan fingerprint density at radius 3 is 1.86 bits per heavy atom. The molecule has 5 heteroatoms. The highest BCUT2D eigenvalue weighted by Gasteiger charge is 1.99. The molecule has 0 atom stereocenters. The van der Waals surface area contributed by atoms with Gasteiger partial charge in [0.15, 0.2) is 0 Å². The Balaban J connectivity index is 0.000000534. The first-order chi connectivity index (χ1) is 10.6. The Bertz CT molecular complexity index is 425. The zero-order valence-electron chi connectivity index (χ0n) is 13.9. The van der Waals surface area contributed by atoms with Gasteiger partial charge in [-0.05, 0) is 24.6 Å². The normalized spacial score (nSPS) is 9.27. The third-order valence-corrected chi connectivity index (χ3v) is 2.70. The van der Waals surface area contributed by atoms with E-state index in [9.17, 15) is 9.59 Å². The topological polar surface area (TPSA) is 61.8 Å². The summed E-state index contributed by atoms with van der Waals surface area (Å²) in [6, 6.07) is 7.74. The number of hydrogen-bond acceptors (Lipinski definition) is 5. The van der Waals surface area contributed by atoms with E-state index < -0.39 is 0 Å². The van der Waals surface area contributed by atoms with E-state index >= 15 is 0 Å². The van der Waals surface area contributed by atoms with Gasteiger partial charge in [-0.1, -0.05) is 26.0 Å². The van der Waals surface area contributed by atoms with Crippen molar-refractivity contribution >= 4 is 11.9 Å². The average molecular weight is 310 g/mol. The number of benzene rings is 1. The molecule has 1 aromatic carbocycles. The standard InChI is InChI=1S/C12H16O3.C5H10O2/c1-3-12(13)15-9-8-10-4-6-11(14-2)7-5-10;1-3-5(6)7-4-2/h4-7H,3,8-9H2,1-2H3;3-4H2,1-2H3. The zero-order valence-corrected chi connectivity index (χ0v) is 13.9. The Kier molecular flexibility index (Phi) is 11.5. The van der Waals surface area contributed by atoms with Crippen molar-refractivity contribution in [2.45, 2.75) is 40.0 Å². The molecule has 0 aliphatic heterocycles. The minimum Gasteiger partial charge on any atom is -0.497 e. The number of hydrogen-bond donors (Lipinski definition) is 0. The summed E-state index contributed by atoms with van der Waals surface area (Å²) in [5, 5.41) is 0. The summed E-state index contributed by atoms with van der Waals surface area (Å²) >= 11 is 0. The maximum atomic E-state index is 10.9. The van der Waals surface area contributed by atoms with E-state index in [-0.39, 0.29) is 11.9 Å². The highest BCUT2D eigenvalue weighted by molar-refractivity contribution is 5.69. The smallest absolute Gasteiger partial charge is 0.305 e. The molecule has 5 nitrogen and oxygen atoms in total. The Morgan fingerprint density at radius 2 is 1.45 bits per heavy atom. The summed E-state index contributed by atoms with van der Waals surface area (Å²) in [5.74, 6) is 0.565. The van der Waals surface area contributed by atoms with Gasteiger partial charge >= 0.3 is 11.9 Å². The van der Waals surface area contributed by atoms with Crippen molar-refractivity contribution in [3.8, 4) is 5.75 Å². The van der Waals surface area contributed by atoms with Crippen LogP contribution in [0.2, 0.25) is 0 Å². The summed E-state index contributed by atoms with van der Waals surface area (Å²) in [4.78, 5) is 21.0. The maximum absolute atomic E-state index is 10.9. The maximum Gasteiger partial charge on any atom is 0.305 e. The quantitative estimate of drug-likeness (QED) is 0.724. The number of rotatable bonds is 7. The van der Waals surface area contributed by atoms with Gasteiger partial charge in [-0.2, -0.15) is 0 Å². The minimum atomic E-state index is -0.150. The second-order valence-corrected chi connectivity index (χ2v) is 4.33. The van der Waals surface area contributed by atoms with Gasteiger partial charge in [-0.3, -0.25) is 9.59 Å². The largest absolute Gasteiger partial charge is 0.497 e. The van der Waals surface area contributed by atoms with Gasteiger partial charge in [0.25, 0.3) is 0 Å². The molecule has 0 saturated heterocycles. The SMILES string of the molecule is CCC(=O)OCCc1ccc(OC)cc1.CCOC(=O)CC. The highest BCUT2D eigenvalue weighted by atomic mass is 16.5. The summed E-state index contributed by atoms with van der Waals surface area (Å²) < 4.78 is 14.6. The average Bonchev–Trinajstić information content (AvgIpc) is 2.56. The monoisotopic (exact) mass is 310 g/mol. The molecule has 1 aromatic rings. The van der Waals surface area contributed by atoms with Crippen molar-refractivity contribution in [3.05, 3.63) is 29.8 Å². The van der Waals surface area contributed by atoms with Gasteiger partial charge in [-0.15, -0.1) is 0 Å². The van der Waals surface area contributed by atoms with Crippen LogP contribution in [-0.4, -0.2) is 32.3 Å². The van der Waals surface area contributed by atoms with Gasteiger partial charge in [0.05, 0.1) is 20.3 Å². The fraction of sp³-hybridized carbons (Fsp3) is 0.529. The third-order valence-electron chi connectivity index (χ3n) is 2.70. The van der Waals surface area contributed by atoms with Gasteiger partial charge < -0.3 is 14.2 Å². The van der Waals surface area contributed by atoms with E-state index in [1.165, 1.54) is 0 Å². The molecule has 0 N–H and O–H groups in total. The van der Waals surface area contributed by atoms with Gasteiger partial charge in [-0.25, -0.2) is 0 Å². The summed E-state index contributed by atoms with van der Waals surface area (Å²) in [5.41, 5.74) is 1.14. The summed E-state index contributed by atoms with van der Waals surface area (Å²) in [7, 11) is 1.64. The molecule has 0 unspecified atom stereocenters. The van der Waals surface area contributed by atoms with Crippen LogP contribution in [0.15, 0.2) is 24.3 Å². The number of methoxy groups -OCH3 is 1. The molecule has 124 valence electrons. The molecule has 0 radical (unpaired) electrons. The molecule has 1 rings (SSSR count). The molecular weight excluding hydrogens is 284 g/mol. The van der Waals surface area contributed by atoms with E-state index in [1.54, 1.807) is 27.9 Å². The van der Waals surface area contributed by atoms with E-state index in [0.717, 1.165) is 17.7 Å². The van der Waals surface area contributed by atoms with Crippen molar-refractivity contribution in [2.24, 2.45) is 0 Å². The molecule has 22 heavy (non-hydrogen) atoms. The fourth-order valence-electron chi connectivity index (χ4n) is 1.44. The first-order valence-corrected chi connectivity index (χ1v) is 7.51. The number of ether oxygens (including phenoxy) is 3. The van der Waals surface area contributed by atoms with E-state index in [1.807, 2.05) is 24.3 Å². The van der Waals surface area contributed by atoms with E-state index in [2.05, 4.69) is 4.74 Å². The van der Waals surface area contributed by atoms with Crippen LogP contribution >= 0.6 is 0 Å². The molecule has 0 aromatic heterocycles. The number of carbonyl (C=O) groups is 2. The lowest BCUT2D eigenvalue weighted by Crippen LogP contribution is -2.05. The molecule has 0 heterocycles. The Labute approximate surface area is 132 Å². The number of esters is 2. The first-order valence-electron chi connectivity index (χ1n) is 7.51. The fourth-order valence-corrected chi connectivity index (χ4v) is 1.44. The predicted molar refractivity (Wildman–Crippen MR) is 84.9 cm³/mol. The second-order valence-electron chi connectivity index (χ2n) is 4.33. The van der Waals surface area contributed by atoms with Crippen molar-refractivity contribution in [1.82, 2.24) is 0 Å². The van der Waals surface area contributed by atoms with Gasteiger partial charge in [0.1, 0.15) is 5.75 Å². The van der Waals surface area contributed by atoms with Crippen molar-refractivity contribution in [3.63, 3.8) is 0 Å². The lowest BCUT2D eigenvalue weighted by molar-refractivity contribution is -0.143. The summed E-state index contributed by atoms with van der Waals surface area (Å²) in [6.07, 6.45) is 1.66. The Hall–Kier alpha value is -2.04. The lowest BCUT2D eigenvalue weighted by atomic mass is 10.1. The zero-order chi connectivity index (χ0) is 16.8. The van der Waals surface area contributed by atoms with Crippen LogP contribution in [0.5, 0.6) is 5.75 Å². The van der Waals surface area contributed by atoms with Crippen molar-refractivity contribution in [2.75, 3.05) is 20.3 Å². The van der Waals surface area contributed by atoms with Gasteiger partial charge in [0.2, 0.25) is 0 Å². The third kappa shape index (κ3) is 9.80. The van der Waals surface area contributed by atoms with Crippen LogP contribution in [0.1, 0.15) is 39.2 Å². The highest BCUT2D eigenvalue weighted by Crippen LogP contribution is 2.11. The molecule has 0 saturated carbocycles. The van der Waals surface area contributed by atoms with Gasteiger partial charge in [0, 0.05) is 19.3 Å². The molecule has 0 fully saturated rings. The molecule has 0 bridgehead atoms. The molecular formula is C17H26O5. The molecule has 0 aliphatic carbocycles.